The Morgan fingerprint density at radius 1 is 1.14 bits per heavy atom. The van der Waals surface area contributed by atoms with E-state index in [-0.39, 0.29) is 17.1 Å². The zero-order valence-corrected chi connectivity index (χ0v) is 17.1. The van der Waals surface area contributed by atoms with Crippen LogP contribution in [0.3, 0.4) is 0 Å². The number of hydrogen-bond acceptors (Lipinski definition) is 5. The molecule has 1 saturated heterocycles. The minimum Gasteiger partial charge on any atom is -0.508 e. The van der Waals surface area contributed by atoms with E-state index in [1.165, 1.54) is 17.0 Å². The Balaban J connectivity index is 2.09. The zero-order valence-electron chi connectivity index (χ0n) is 16.3. The average molecular weight is 415 g/mol. The molecule has 1 heterocycles. The van der Waals surface area contributed by atoms with Crippen LogP contribution in [0.15, 0.2) is 54.1 Å². The number of likely N-dealkylation sites (tertiary alicyclic amines) is 1. The highest BCUT2D eigenvalue weighted by atomic mass is 35.5. The molecule has 1 aliphatic rings. The molecule has 1 unspecified atom stereocenters. The number of ketones is 1. The third-order valence-corrected chi connectivity index (χ3v) is 5.09. The summed E-state index contributed by atoms with van der Waals surface area (Å²) in [6.07, 6.45) is 0.672. The average Bonchev–Trinajstić information content (AvgIpc) is 2.93. The van der Waals surface area contributed by atoms with Gasteiger partial charge in [-0.2, -0.15) is 0 Å². The molecule has 29 heavy (non-hydrogen) atoms. The van der Waals surface area contributed by atoms with Gasteiger partial charge in [0.05, 0.1) is 11.6 Å². The van der Waals surface area contributed by atoms with Crippen molar-refractivity contribution in [2.24, 2.45) is 0 Å². The lowest BCUT2D eigenvalue weighted by atomic mass is 9.95. The van der Waals surface area contributed by atoms with Gasteiger partial charge in [0.15, 0.2) is 0 Å². The van der Waals surface area contributed by atoms with Crippen LogP contribution in [0.1, 0.15) is 23.6 Å². The number of hydrogen-bond donors (Lipinski definition) is 2. The van der Waals surface area contributed by atoms with E-state index in [0.29, 0.717) is 29.1 Å². The number of aliphatic hydroxyl groups excluding tert-OH is 1. The first-order valence-electron chi connectivity index (χ1n) is 9.27. The molecular weight excluding hydrogens is 392 g/mol. The molecule has 1 amide bonds. The van der Waals surface area contributed by atoms with E-state index >= 15 is 0 Å². The smallest absolute Gasteiger partial charge is 0.295 e. The Kier molecular flexibility index (Phi) is 6.25. The molecular formula is C22H23ClN2O4. The van der Waals surface area contributed by atoms with Gasteiger partial charge in [0, 0.05) is 17.1 Å². The SMILES string of the molecule is CN(C)CCCN1C(=O)C(=O)/C(=C(\O)c2cccc(Cl)c2)C1c1ccc(O)cc1. The lowest BCUT2D eigenvalue weighted by Gasteiger charge is -2.26. The monoisotopic (exact) mass is 414 g/mol. The molecule has 152 valence electrons. The lowest BCUT2D eigenvalue weighted by Crippen LogP contribution is -2.32. The number of benzene rings is 2. The topological polar surface area (TPSA) is 81.1 Å². The Labute approximate surface area is 174 Å². The predicted octanol–water partition coefficient (Wildman–Crippen LogP) is 3.42. The maximum atomic E-state index is 12.9. The molecule has 0 saturated carbocycles. The number of halogens is 1. The summed E-state index contributed by atoms with van der Waals surface area (Å²) in [5.74, 6) is -1.57. The van der Waals surface area contributed by atoms with Gasteiger partial charge in [-0.05, 0) is 56.9 Å². The number of carbonyl (C=O) groups is 2. The quantitative estimate of drug-likeness (QED) is 0.430. The fourth-order valence-electron chi connectivity index (χ4n) is 3.46. The molecule has 0 bridgehead atoms. The second-order valence-corrected chi connectivity index (χ2v) is 7.69. The predicted molar refractivity (Wildman–Crippen MR) is 112 cm³/mol. The van der Waals surface area contributed by atoms with E-state index in [1.807, 2.05) is 19.0 Å². The minimum atomic E-state index is -0.739. The third kappa shape index (κ3) is 4.44. The standard InChI is InChI=1S/C22H23ClN2O4/c1-24(2)11-4-12-25-19(14-7-9-17(26)10-8-14)18(21(28)22(25)29)20(27)15-5-3-6-16(23)13-15/h3,5-10,13,19,26-27H,4,11-12H2,1-2H3/b20-18-. The number of nitrogens with zero attached hydrogens (tertiary/aromatic N) is 2. The molecule has 0 radical (unpaired) electrons. The van der Waals surface area contributed by atoms with Gasteiger partial charge in [-0.1, -0.05) is 35.9 Å². The fraction of sp³-hybridized carbons (Fsp3) is 0.273. The number of rotatable bonds is 6. The third-order valence-electron chi connectivity index (χ3n) is 4.85. The summed E-state index contributed by atoms with van der Waals surface area (Å²) in [7, 11) is 3.87. The summed E-state index contributed by atoms with van der Waals surface area (Å²) in [6, 6.07) is 12.1. The normalized spacial score (nSPS) is 18.6. The van der Waals surface area contributed by atoms with Crippen molar-refractivity contribution in [3.63, 3.8) is 0 Å². The van der Waals surface area contributed by atoms with E-state index in [2.05, 4.69) is 0 Å². The summed E-state index contributed by atoms with van der Waals surface area (Å²) in [5, 5.41) is 21.0. The largest absolute Gasteiger partial charge is 0.508 e. The van der Waals surface area contributed by atoms with Crippen molar-refractivity contribution in [2.75, 3.05) is 27.2 Å². The summed E-state index contributed by atoms with van der Waals surface area (Å²) >= 11 is 6.03. The molecule has 1 aliphatic heterocycles. The molecule has 1 fully saturated rings. The molecule has 6 nitrogen and oxygen atoms in total. The summed E-state index contributed by atoms with van der Waals surface area (Å²) in [4.78, 5) is 29.1. The van der Waals surface area contributed by atoms with Crippen molar-refractivity contribution in [2.45, 2.75) is 12.5 Å². The van der Waals surface area contributed by atoms with E-state index in [0.717, 1.165) is 6.54 Å². The van der Waals surface area contributed by atoms with Gasteiger partial charge in [-0.15, -0.1) is 0 Å². The maximum Gasteiger partial charge on any atom is 0.295 e. The molecule has 7 heteroatoms. The molecule has 0 spiro atoms. The highest BCUT2D eigenvalue weighted by Crippen LogP contribution is 2.40. The summed E-state index contributed by atoms with van der Waals surface area (Å²) in [6.45, 7) is 1.11. The molecule has 2 aromatic carbocycles. The van der Waals surface area contributed by atoms with Crippen molar-refractivity contribution in [1.29, 1.82) is 0 Å². The zero-order chi connectivity index (χ0) is 21.1. The Morgan fingerprint density at radius 3 is 2.45 bits per heavy atom. The highest BCUT2D eigenvalue weighted by molar-refractivity contribution is 6.46. The second kappa shape index (κ2) is 8.68. The molecule has 3 rings (SSSR count). The first-order valence-corrected chi connectivity index (χ1v) is 9.65. The molecule has 1 atom stereocenters. The van der Waals surface area contributed by atoms with Crippen molar-refractivity contribution >= 4 is 29.1 Å². The molecule has 0 aliphatic carbocycles. The van der Waals surface area contributed by atoms with Crippen LogP contribution in [0.2, 0.25) is 5.02 Å². The first kappa shape index (κ1) is 20.9. The Bertz CT molecular complexity index is 954. The Hall–Kier alpha value is -2.83. The van der Waals surface area contributed by atoms with Gasteiger partial charge >= 0.3 is 0 Å². The van der Waals surface area contributed by atoms with Crippen molar-refractivity contribution in [3.05, 3.63) is 70.3 Å². The van der Waals surface area contributed by atoms with E-state index in [4.69, 9.17) is 11.6 Å². The number of amides is 1. The number of Topliss-reactive ketones (excluding diaryl/α,β-unsaturated/α-hetero) is 1. The summed E-state index contributed by atoms with van der Waals surface area (Å²) < 4.78 is 0. The maximum absolute atomic E-state index is 12.9. The van der Waals surface area contributed by atoms with Crippen LogP contribution in [0.4, 0.5) is 0 Å². The van der Waals surface area contributed by atoms with Crippen molar-refractivity contribution in [3.8, 4) is 5.75 Å². The number of carbonyl (C=O) groups excluding carboxylic acids is 2. The van der Waals surface area contributed by atoms with Crippen molar-refractivity contribution in [1.82, 2.24) is 9.80 Å². The number of phenolic OH excluding ortho intramolecular Hbond substituents is 1. The van der Waals surface area contributed by atoms with Crippen LogP contribution in [0.5, 0.6) is 5.75 Å². The van der Waals surface area contributed by atoms with Gasteiger partial charge < -0.3 is 20.0 Å². The van der Waals surface area contributed by atoms with Crippen LogP contribution < -0.4 is 0 Å². The molecule has 2 aromatic rings. The van der Waals surface area contributed by atoms with Crippen molar-refractivity contribution < 1.29 is 19.8 Å². The Morgan fingerprint density at radius 2 is 1.83 bits per heavy atom. The van der Waals surface area contributed by atoms with Crippen LogP contribution in [0.25, 0.3) is 5.76 Å². The van der Waals surface area contributed by atoms with Crippen LogP contribution in [-0.4, -0.2) is 58.9 Å². The van der Waals surface area contributed by atoms with Gasteiger partial charge in [0.25, 0.3) is 11.7 Å². The second-order valence-electron chi connectivity index (χ2n) is 7.25. The molecule has 2 N–H and O–H groups in total. The number of phenols is 1. The minimum absolute atomic E-state index is 0.0211. The van der Waals surface area contributed by atoms with Gasteiger partial charge in [-0.3, -0.25) is 9.59 Å². The number of aromatic hydroxyl groups is 1. The van der Waals surface area contributed by atoms with Gasteiger partial charge in [-0.25, -0.2) is 0 Å². The van der Waals surface area contributed by atoms with E-state index in [9.17, 15) is 19.8 Å². The van der Waals surface area contributed by atoms with Crippen LogP contribution in [0, 0.1) is 0 Å². The number of aliphatic hydroxyl groups is 1. The lowest BCUT2D eigenvalue weighted by molar-refractivity contribution is -0.139. The summed E-state index contributed by atoms with van der Waals surface area (Å²) in [5.41, 5.74) is 1.02. The van der Waals surface area contributed by atoms with Crippen LogP contribution in [-0.2, 0) is 9.59 Å². The highest BCUT2D eigenvalue weighted by Gasteiger charge is 2.45. The van der Waals surface area contributed by atoms with E-state index < -0.39 is 17.7 Å². The first-order chi connectivity index (χ1) is 13.8. The van der Waals surface area contributed by atoms with Gasteiger partial charge in [0.2, 0.25) is 0 Å². The fourth-order valence-corrected chi connectivity index (χ4v) is 3.65. The van der Waals surface area contributed by atoms with Crippen LogP contribution >= 0.6 is 11.6 Å². The molecule has 0 aromatic heterocycles. The van der Waals surface area contributed by atoms with Gasteiger partial charge in [0.1, 0.15) is 11.5 Å². The van der Waals surface area contributed by atoms with E-state index in [1.54, 1.807) is 36.4 Å².